The highest BCUT2D eigenvalue weighted by Gasteiger charge is 2.25. The van der Waals surface area contributed by atoms with Gasteiger partial charge in [-0.1, -0.05) is 0 Å². The van der Waals surface area contributed by atoms with Crippen LogP contribution in [0, 0.1) is 5.92 Å². The predicted molar refractivity (Wildman–Crippen MR) is 96.4 cm³/mol. The van der Waals surface area contributed by atoms with Gasteiger partial charge in [-0.2, -0.15) is 4.98 Å². The molecule has 0 aromatic carbocycles. The molecular formula is C17H30N6O. The molecule has 0 saturated carbocycles. The van der Waals surface area contributed by atoms with E-state index in [0.717, 1.165) is 70.2 Å². The van der Waals surface area contributed by atoms with Crippen LogP contribution in [0.15, 0.2) is 0 Å². The Morgan fingerprint density at radius 2 is 2.17 bits per heavy atom. The van der Waals surface area contributed by atoms with E-state index in [1.807, 2.05) is 0 Å². The Hall–Kier alpha value is -1.44. The van der Waals surface area contributed by atoms with Crippen LogP contribution >= 0.6 is 0 Å². The summed E-state index contributed by atoms with van der Waals surface area (Å²) in [5.41, 5.74) is 8.35. The number of ether oxygens (including phenoxy) is 1. The summed E-state index contributed by atoms with van der Waals surface area (Å²) < 4.78 is 5.19. The quantitative estimate of drug-likeness (QED) is 0.767. The van der Waals surface area contributed by atoms with Crippen LogP contribution in [-0.2, 0) is 17.6 Å². The van der Waals surface area contributed by atoms with Gasteiger partial charge >= 0.3 is 0 Å². The number of methoxy groups -OCH3 is 1. The van der Waals surface area contributed by atoms with Crippen molar-refractivity contribution in [2.45, 2.75) is 19.3 Å². The molecule has 1 fully saturated rings. The SMILES string of the molecule is COCCN1CC[C@@H](CN(C)c2nc(N)nc3c2CCNCC3)C1. The summed E-state index contributed by atoms with van der Waals surface area (Å²) in [7, 11) is 3.90. The van der Waals surface area contributed by atoms with Gasteiger partial charge in [0.05, 0.1) is 12.3 Å². The molecule has 134 valence electrons. The first-order valence-electron chi connectivity index (χ1n) is 8.95. The van der Waals surface area contributed by atoms with Crippen molar-refractivity contribution in [3.63, 3.8) is 0 Å². The number of nitrogens with one attached hydrogen (secondary N) is 1. The fraction of sp³-hybridized carbons (Fsp3) is 0.765. The number of nitrogens with two attached hydrogens (primary N) is 1. The maximum atomic E-state index is 5.97. The molecule has 1 saturated heterocycles. The summed E-state index contributed by atoms with van der Waals surface area (Å²) in [4.78, 5) is 13.8. The molecule has 1 aromatic rings. The molecule has 3 N–H and O–H groups in total. The lowest BCUT2D eigenvalue weighted by Gasteiger charge is -2.25. The molecule has 24 heavy (non-hydrogen) atoms. The molecule has 7 heteroatoms. The molecule has 7 nitrogen and oxygen atoms in total. The normalized spacial score (nSPS) is 21.5. The maximum Gasteiger partial charge on any atom is 0.222 e. The first kappa shape index (κ1) is 17.4. The zero-order valence-corrected chi connectivity index (χ0v) is 14.9. The molecule has 3 rings (SSSR count). The lowest BCUT2D eigenvalue weighted by molar-refractivity contribution is 0.159. The Morgan fingerprint density at radius 3 is 3.00 bits per heavy atom. The Balaban J connectivity index is 1.67. The van der Waals surface area contributed by atoms with Gasteiger partial charge in [0, 0.05) is 52.3 Å². The summed E-state index contributed by atoms with van der Waals surface area (Å²) >= 11 is 0. The lowest BCUT2D eigenvalue weighted by atomic mass is 10.1. The summed E-state index contributed by atoms with van der Waals surface area (Å²) in [6.45, 7) is 7.09. The number of nitrogen functional groups attached to an aromatic ring is 1. The van der Waals surface area contributed by atoms with Gasteiger partial charge in [0.15, 0.2) is 0 Å². The minimum absolute atomic E-state index is 0.394. The van der Waals surface area contributed by atoms with Crippen LogP contribution in [0.2, 0.25) is 0 Å². The number of fused-ring (bicyclic) bond motifs is 1. The Kier molecular flexibility index (Phi) is 5.86. The molecule has 3 heterocycles. The topological polar surface area (TPSA) is 79.5 Å². The van der Waals surface area contributed by atoms with E-state index in [9.17, 15) is 0 Å². The van der Waals surface area contributed by atoms with Gasteiger partial charge in [-0.3, -0.25) is 0 Å². The molecule has 0 radical (unpaired) electrons. The van der Waals surface area contributed by atoms with Crippen LogP contribution in [0.1, 0.15) is 17.7 Å². The van der Waals surface area contributed by atoms with Gasteiger partial charge in [-0.05, 0) is 31.8 Å². The van der Waals surface area contributed by atoms with Gasteiger partial charge < -0.3 is 25.6 Å². The first-order chi connectivity index (χ1) is 11.7. The van der Waals surface area contributed by atoms with Gasteiger partial charge in [0.1, 0.15) is 5.82 Å². The van der Waals surface area contributed by atoms with E-state index >= 15 is 0 Å². The summed E-state index contributed by atoms with van der Waals surface area (Å²) in [6, 6.07) is 0. The molecule has 0 amide bonds. The van der Waals surface area contributed by atoms with Crippen molar-refractivity contribution in [2.75, 3.05) is 70.7 Å². The highest BCUT2D eigenvalue weighted by Crippen LogP contribution is 2.25. The fourth-order valence-electron chi connectivity index (χ4n) is 3.82. The smallest absolute Gasteiger partial charge is 0.222 e. The second kappa shape index (κ2) is 8.09. The van der Waals surface area contributed by atoms with E-state index in [2.05, 4.69) is 32.1 Å². The van der Waals surface area contributed by atoms with E-state index in [1.54, 1.807) is 7.11 Å². The predicted octanol–water partition coefficient (Wildman–Crippen LogP) is 0.152. The minimum atomic E-state index is 0.394. The van der Waals surface area contributed by atoms with Crippen LogP contribution in [0.5, 0.6) is 0 Å². The monoisotopic (exact) mass is 334 g/mol. The number of hydrogen-bond acceptors (Lipinski definition) is 7. The van der Waals surface area contributed by atoms with Crippen LogP contribution in [-0.4, -0.2) is 74.9 Å². The molecule has 2 aliphatic rings. The standard InChI is InChI=1S/C17H30N6O/c1-22(11-13-5-8-23(12-13)9-10-24-2)16-14-3-6-19-7-4-15(14)20-17(18)21-16/h13,19H,3-12H2,1-2H3,(H2,18,20,21)/t13-/m0/s1. The third-order valence-corrected chi connectivity index (χ3v) is 5.05. The number of rotatable bonds is 6. The highest BCUT2D eigenvalue weighted by molar-refractivity contribution is 5.52. The van der Waals surface area contributed by atoms with E-state index in [0.29, 0.717) is 11.9 Å². The van der Waals surface area contributed by atoms with Crippen molar-refractivity contribution in [3.8, 4) is 0 Å². The molecule has 0 bridgehead atoms. The van der Waals surface area contributed by atoms with Crippen molar-refractivity contribution < 1.29 is 4.74 Å². The molecule has 0 spiro atoms. The van der Waals surface area contributed by atoms with Crippen molar-refractivity contribution in [3.05, 3.63) is 11.3 Å². The Bertz CT molecular complexity index is 552. The number of anilines is 2. The van der Waals surface area contributed by atoms with Crippen molar-refractivity contribution in [1.29, 1.82) is 0 Å². The van der Waals surface area contributed by atoms with E-state index in [4.69, 9.17) is 10.5 Å². The Morgan fingerprint density at radius 1 is 1.33 bits per heavy atom. The number of likely N-dealkylation sites (tertiary alicyclic amines) is 1. The molecule has 0 aliphatic carbocycles. The average molecular weight is 334 g/mol. The number of hydrogen-bond donors (Lipinski definition) is 2. The van der Waals surface area contributed by atoms with E-state index in [-0.39, 0.29) is 0 Å². The summed E-state index contributed by atoms with van der Waals surface area (Å²) in [5, 5.41) is 3.43. The van der Waals surface area contributed by atoms with Crippen molar-refractivity contribution in [1.82, 2.24) is 20.2 Å². The third-order valence-electron chi connectivity index (χ3n) is 5.05. The minimum Gasteiger partial charge on any atom is -0.383 e. The third kappa shape index (κ3) is 4.15. The zero-order chi connectivity index (χ0) is 16.9. The van der Waals surface area contributed by atoms with Crippen molar-refractivity contribution >= 4 is 11.8 Å². The van der Waals surface area contributed by atoms with E-state index in [1.165, 1.54) is 12.0 Å². The van der Waals surface area contributed by atoms with Gasteiger partial charge in [-0.25, -0.2) is 4.98 Å². The summed E-state index contributed by atoms with van der Waals surface area (Å²) in [6.07, 6.45) is 3.13. The van der Waals surface area contributed by atoms with Crippen molar-refractivity contribution in [2.24, 2.45) is 5.92 Å². The van der Waals surface area contributed by atoms with Gasteiger partial charge in [-0.15, -0.1) is 0 Å². The number of nitrogens with zero attached hydrogens (tertiary/aromatic N) is 4. The largest absolute Gasteiger partial charge is 0.383 e. The summed E-state index contributed by atoms with van der Waals surface area (Å²) in [5.74, 6) is 2.09. The van der Waals surface area contributed by atoms with Crippen LogP contribution < -0.4 is 16.0 Å². The second-order valence-electron chi connectivity index (χ2n) is 6.91. The first-order valence-corrected chi connectivity index (χ1v) is 8.95. The van der Waals surface area contributed by atoms with Crippen LogP contribution in [0.4, 0.5) is 11.8 Å². The Labute approximate surface area is 144 Å². The second-order valence-corrected chi connectivity index (χ2v) is 6.91. The lowest BCUT2D eigenvalue weighted by Crippen LogP contribution is -2.31. The maximum absolute atomic E-state index is 5.97. The molecule has 0 unspecified atom stereocenters. The molecule has 1 aromatic heterocycles. The molecule has 2 aliphatic heterocycles. The average Bonchev–Trinajstić information content (AvgIpc) is 2.87. The highest BCUT2D eigenvalue weighted by atomic mass is 16.5. The fourth-order valence-corrected chi connectivity index (χ4v) is 3.82. The van der Waals surface area contributed by atoms with Crippen LogP contribution in [0.25, 0.3) is 0 Å². The number of aromatic nitrogens is 2. The molecule has 1 atom stereocenters. The zero-order valence-electron chi connectivity index (χ0n) is 14.9. The van der Waals surface area contributed by atoms with Gasteiger partial charge in [0.2, 0.25) is 5.95 Å². The van der Waals surface area contributed by atoms with E-state index < -0.39 is 0 Å². The molecular weight excluding hydrogens is 304 g/mol. The van der Waals surface area contributed by atoms with Gasteiger partial charge in [0.25, 0.3) is 0 Å². The van der Waals surface area contributed by atoms with Crippen LogP contribution in [0.3, 0.4) is 0 Å².